The van der Waals surface area contributed by atoms with Crippen molar-refractivity contribution in [2.24, 2.45) is 0 Å². The van der Waals surface area contributed by atoms with Crippen LogP contribution in [0.15, 0.2) is 0 Å². The van der Waals surface area contributed by atoms with Crippen LogP contribution in [0.25, 0.3) is 0 Å². The van der Waals surface area contributed by atoms with E-state index >= 15 is 0 Å². The Hall–Kier alpha value is 0.0700. The predicted molar refractivity (Wildman–Crippen MR) is 80.5 cm³/mol. The second-order valence-electron chi connectivity index (χ2n) is 5.68. The van der Waals surface area contributed by atoms with Crippen LogP contribution in [0.3, 0.4) is 0 Å². The summed E-state index contributed by atoms with van der Waals surface area (Å²) >= 11 is 0. The maximum absolute atomic E-state index is 11.2. The lowest BCUT2D eigenvalue weighted by molar-refractivity contribution is 0.0941. The molecule has 0 bridgehead atoms. The first-order chi connectivity index (χ1) is 8.54. The van der Waals surface area contributed by atoms with Crippen LogP contribution >= 0.6 is 0 Å². The van der Waals surface area contributed by atoms with Gasteiger partial charge in [-0.1, -0.05) is 6.92 Å². The van der Waals surface area contributed by atoms with Gasteiger partial charge in [0.15, 0.2) is 0 Å². The molecule has 4 heteroatoms. The van der Waals surface area contributed by atoms with Gasteiger partial charge in [0.25, 0.3) is 0 Å². The molecule has 108 valence electrons. The van der Waals surface area contributed by atoms with E-state index in [0.717, 1.165) is 18.7 Å². The van der Waals surface area contributed by atoms with Crippen LogP contribution in [0.2, 0.25) is 0 Å². The van der Waals surface area contributed by atoms with E-state index in [-0.39, 0.29) is 0 Å². The molecule has 4 atom stereocenters. The summed E-state index contributed by atoms with van der Waals surface area (Å²) in [5.41, 5.74) is 0. The fourth-order valence-electron chi connectivity index (χ4n) is 2.88. The predicted octanol–water partition coefficient (Wildman–Crippen LogP) is 2.00. The molecule has 0 aromatic carbocycles. The maximum Gasteiger partial charge on any atom is 0.0246 e. The molecule has 0 amide bonds. The van der Waals surface area contributed by atoms with Gasteiger partial charge in [0.1, 0.15) is 0 Å². The zero-order chi connectivity index (χ0) is 13.5. The second kappa shape index (κ2) is 8.28. The minimum absolute atomic E-state index is 0.566. The van der Waals surface area contributed by atoms with Crippen molar-refractivity contribution < 1.29 is 4.21 Å². The van der Waals surface area contributed by atoms with Crippen LogP contribution in [0.1, 0.15) is 46.5 Å². The van der Waals surface area contributed by atoms with Crippen LogP contribution in [0, 0.1) is 0 Å². The Morgan fingerprint density at radius 3 is 2.78 bits per heavy atom. The average molecular weight is 274 g/mol. The molecule has 1 heterocycles. The molecule has 0 aromatic heterocycles. The lowest BCUT2D eigenvalue weighted by Crippen LogP contribution is -2.51. The van der Waals surface area contributed by atoms with E-state index in [1.165, 1.54) is 25.8 Å². The highest BCUT2D eigenvalue weighted by atomic mass is 32.2. The van der Waals surface area contributed by atoms with E-state index in [1.54, 1.807) is 6.26 Å². The summed E-state index contributed by atoms with van der Waals surface area (Å²) < 4.78 is 11.2. The topological polar surface area (TPSA) is 32.3 Å². The number of rotatable bonds is 7. The fourth-order valence-corrected chi connectivity index (χ4v) is 3.55. The van der Waals surface area contributed by atoms with Gasteiger partial charge in [0.05, 0.1) is 0 Å². The summed E-state index contributed by atoms with van der Waals surface area (Å²) in [6.07, 6.45) is 6.58. The van der Waals surface area contributed by atoms with E-state index in [4.69, 9.17) is 0 Å². The average Bonchev–Trinajstić information content (AvgIpc) is 2.33. The maximum atomic E-state index is 11.2. The van der Waals surface area contributed by atoms with Crippen LogP contribution in [-0.2, 0) is 10.8 Å². The van der Waals surface area contributed by atoms with Gasteiger partial charge < -0.3 is 5.32 Å². The van der Waals surface area contributed by atoms with Crippen molar-refractivity contribution >= 4 is 10.8 Å². The zero-order valence-corrected chi connectivity index (χ0v) is 13.3. The van der Waals surface area contributed by atoms with E-state index in [9.17, 15) is 4.21 Å². The Morgan fingerprint density at radius 2 is 2.22 bits per heavy atom. The summed E-state index contributed by atoms with van der Waals surface area (Å²) in [6.45, 7) is 9.16. The molecule has 1 N–H and O–H groups in total. The molecule has 0 saturated carbocycles. The van der Waals surface area contributed by atoms with E-state index in [2.05, 4.69) is 31.0 Å². The van der Waals surface area contributed by atoms with Gasteiger partial charge >= 0.3 is 0 Å². The van der Waals surface area contributed by atoms with Crippen LogP contribution in [-0.4, -0.2) is 52.3 Å². The first kappa shape index (κ1) is 16.1. The molecular weight excluding hydrogens is 244 g/mol. The van der Waals surface area contributed by atoms with Crippen LogP contribution in [0.4, 0.5) is 0 Å². The Kier molecular flexibility index (Phi) is 7.42. The standard InChI is InChI=1S/C14H30N2OS/c1-5-8-15-14-6-9-16(13(3)11-14)12(2)7-10-18(4)17/h12-15H,5-11H2,1-4H3. The molecule has 0 spiro atoms. The van der Waals surface area contributed by atoms with Gasteiger partial charge in [-0.2, -0.15) is 0 Å². The SMILES string of the molecule is CCCNC1CCN(C(C)CCS(C)=O)C(C)C1. The smallest absolute Gasteiger partial charge is 0.0246 e. The molecule has 1 aliphatic heterocycles. The zero-order valence-electron chi connectivity index (χ0n) is 12.4. The lowest BCUT2D eigenvalue weighted by Gasteiger charge is -2.41. The van der Waals surface area contributed by atoms with Gasteiger partial charge in [-0.05, 0) is 46.1 Å². The van der Waals surface area contributed by atoms with Crippen molar-refractivity contribution in [1.82, 2.24) is 10.2 Å². The van der Waals surface area contributed by atoms with E-state index in [1.807, 2.05) is 0 Å². The van der Waals surface area contributed by atoms with Gasteiger partial charge in [-0.15, -0.1) is 0 Å². The Bertz CT molecular complexity index is 260. The van der Waals surface area contributed by atoms with Crippen molar-refractivity contribution in [3.8, 4) is 0 Å². The van der Waals surface area contributed by atoms with Crippen molar-refractivity contribution in [3.63, 3.8) is 0 Å². The number of hydrogen-bond donors (Lipinski definition) is 1. The molecule has 0 radical (unpaired) electrons. The van der Waals surface area contributed by atoms with E-state index < -0.39 is 10.8 Å². The third kappa shape index (κ3) is 5.37. The molecule has 4 unspecified atom stereocenters. The second-order valence-corrected chi connectivity index (χ2v) is 7.23. The van der Waals surface area contributed by atoms with Gasteiger partial charge in [-0.3, -0.25) is 9.11 Å². The highest BCUT2D eigenvalue weighted by molar-refractivity contribution is 7.84. The Balaban J connectivity index is 2.34. The summed E-state index contributed by atoms with van der Waals surface area (Å²) in [4.78, 5) is 2.59. The van der Waals surface area contributed by atoms with Crippen molar-refractivity contribution in [2.75, 3.05) is 25.1 Å². The number of nitrogens with zero attached hydrogens (tertiary/aromatic N) is 1. The van der Waals surface area contributed by atoms with E-state index in [0.29, 0.717) is 18.1 Å². The lowest BCUT2D eigenvalue weighted by atomic mass is 9.96. The van der Waals surface area contributed by atoms with Gasteiger partial charge in [0, 0.05) is 47.5 Å². The molecule has 1 saturated heterocycles. The third-order valence-electron chi connectivity index (χ3n) is 4.00. The monoisotopic (exact) mass is 274 g/mol. The number of hydrogen-bond acceptors (Lipinski definition) is 3. The van der Waals surface area contributed by atoms with Crippen LogP contribution in [0.5, 0.6) is 0 Å². The highest BCUT2D eigenvalue weighted by Crippen LogP contribution is 2.21. The minimum atomic E-state index is -0.652. The summed E-state index contributed by atoms with van der Waals surface area (Å²) in [7, 11) is -0.652. The molecule has 1 fully saturated rings. The largest absolute Gasteiger partial charge is 0.314 e. The summed E-state index contributed by atoms with van der Waals surface area (Å²) in [6, 6.07) is 1.91. The fraction of sp³-hybridized carbons (Fsp3) is 1.00. The molecule has 3 nitrogen and oxygen atoms in total. The summed E-state index contributed by atoms with van der Waals surface area (Å²) in [5, 5.41) is 3.64. The van der Waals surface area contributed by atoms with Gasteiger partial charge in [-0.25, -0.2) is 0 Å². The molecule has 1 aliphatic rings. The number of piperidine rings is 1. The summed E-state index contributed by atoms with van der Waals surface area (Å²) in [5.74, 6) is 0.835. The first-order valence-corrected chi connectivity index (χ1v) is 9.06. The quantitative estimate of drug-likeness (QED) is 0.770. The molecule has 1 rings (SSSR count). The molecule has 0 aliphatic carbocycles. The van der Waals surface area contributed by atoms with Crippen molar-refractivity contribution in [3.05, 3.63) is 0 Å². The Morgan fingerprint density at radius 1 is 1.50 bits per heavy atom. The molecule has 18 heavy (non-hydrogen) atoms. The van der Waals surface area contributed by atoms with Crippen molar-refractivity contribution in [1.29, 1.82) is 0 Å². The molecular formula is C14H30N2OS. The third-order valence-corrected chi connectivity index (χ3v) is 4.81. The minimum Gasteiger partial charge on any atom is -0.314 e. The molecule has 0 aromatic rings. The Labute approximate surface area is 115 Å². The van der Waals surface area contributed by atoms with Crippen LogP contribution < -0.4 is 5.32 Å². The van der Waals surface area contributed by atoms with Gasteiger partial charge in [0.2, 0.25) is 0 Å². The highest BCUT2D eigenvalue weighted by Gasteiger charge is 2.27. The van der Waals surface area contributed by atoms with Crippen molar-refractivity contribution in [2.45, 2.75) is 64.6 Å². The normalized spacial score (nSPS) is 29.1. The first-order valence-electron chi connectivity index (χ1n) is 7.33. The number of nitrogens with one attached hydrogen (secondary N) is 1. The number of likely N-dealkylation sites (tertiary alicyclic amines) is 1.